The first-order valence-electron chi connectivity index (χ1n) is 9.60. The number of likely N-dealkylation sites (tertiary alicyclic amines) is 1. The zero-order chi connectivity index (χ0) is 21.7. The summed E-state index contributed by atoms with van der Waals surface area (Å²) in [5.41, 5.74) is 2.05. The number of H-pyrrole nitrogens is 1. The molecule has 5 rings (SSSR count). The van der Waals surface area contributed by atoms with Crippen LogP contribution >= 0.6 is 0 Å². The number of alkyl halides is 2. The first-order chi connectivity index (χ1) is 14.9. The predicted molar refractivity (Wildman–Crippen MR) is 107 cm³/mol. The van der Waals surface area contributed by atoms with Gasteiger partial charge in [0.05, 0.1) is 11.7 Å². The maximum absolute atomic E-state index is 12.7. The van der Waals surface area contributed by atoms with Gasteiger partial charge in [0.25, 0.3) is 0 Å². The van der Waals surface area contributed by atoms with Crippen molar-refractivity contribution < 1.29 is 23.4 Å². The van der Waals surface area contributed by atoms with Crippen molar-refractivity contribution >= 4 is 28.0 Å². The molecule has 1 aliphatic heterocycles. The number of carboxylic acid groups (broad SMARTS) is 1. The third kappa shape index (κ3) is 3.46. The number of nitrogens with zero attached hydrogens (tertiary/aromatic N) is 5. The van der Waals surface area contributed by atoms with Crippen LogP contribution in [0.25, 0.3) is 33.5 Å². The summed E-state index contributed by atoms with van der Waals surface area (Å²) >= 11 is 0. The van der Waals surface area contributed by atoms with E-state index in [1.807, 2.05) is 11.7 Å². The molecule has 4 heterocycles. The second kappa shape index (κ2) is 7.27. The van der Waals surface area contributed by atoms with Crippen LogP contribution < -0.4 is 4.74 Å². The minimum Gasteiger partial charge on any atom is -0.478 e. The predicted octanol–water partition coefficient (Wildman–Crippen LogP) is 2.84. The highest BCUT2D eigenvalue weighted by molar-refractivity contribution is 6.01. The summed E-state index contributed by atoms with van der Waals surface area (Å²) in [5.74, 6) is -0.696. The number of rotatable bonds is 6. The van der Waals surface area contributed by atoms with Crippen LogP contribution in [-0.4, -0.2) is 67.5 Å². The fourth-order valence-corrected chi connectivity index (χ4v) is 4.02. The quantitative estimate of drug-likeness (QED) is 0.486. The highest BCUT2D eigenvalue weighted by atomic mass is 19.3. The summed E-state index contributed by atoms with van der Waals surface area (Å²) in [6.07, 6.45) is 2.81. The van der Waals surface area contributed by atoms with Crippen LogP contribution in [0, 0.1) is 5.92 Å². The summed E-state index contributed by atoms with van der Waals surface area (Å²) < 4.78 is 31.9. The van der Waals surface area contributed by atoms with Crippen molar-refractivity contribution in [1.29, 1.82) is 0 Å². The highest BCUT2D eigenvalue weighted by Crippen LogP contribution is 2.32. The Morgan fingerprint density at radius 3 is 2.90 bits per heavy atom. The van der Waals surface area contributed by atoms with E-state index < -0.39 is 12.6 Å². The molecule has 160 valence electrons. The molecule has 0 spiro atoms. The third-order valence-electron chi connectivity index (χ3n) is 5.37. The summed E-state index contributed by atoms with van der Waals surface area (Å²) in [5, 5.41) is 14.6. The fourth-order valence-electron chi connectivity index (χ4n) is 4.02. The maximum Gasteiger partial charge on any atom is 0.387 e. The molecule has 0 radical (unpaired) electrons. The van der Waals surface area contributed by atoms with Crippen molar-refractivity contribution in [3.05, 3.63) is 36.2 Å². The Kier molecular flexibility index (Phi) is 4.54. The minimum absolute atomic E-state index is 0.00711. The van der Waals surface area contributed by atoms with E-state index in [1.165, 1.54) is 24.5 Å². The van der Waals surface area contributed by atoms with Gasteiger partial charge in [-0.05, 0) is 25.2 Å². The van der Waals surface area contributed by atoms with Crippen molar-refractivity contribution in [1.82, 2.24) is 29.6 Å². The van der Waals surface area contributed by atoms with Crippen molar-refractivity contribution in [3.63, 3.8) is 0 Å². The van der Waals surface area contributed by atoms with Gasteiger partial charge in [-0.1, -0.05) is 0 Å². The lowest BCUT2D eigenvalue weighted by Gasteiger charge is -2.36. The number of aromatic amines is 1. The van der Waals surface area contributed by atoms with Crippen molar-refractivity contribution in [2.24, 2.45) is 5.92 Å². The standard InChI is InChI=1S/C20H18F2N6O3/c1-27-7-10(8-27)9-28-15-3-2-11(31-20(21)22)4-12(15)16(26-28)14-6-24-18-17(25-14)13(5-23-18)19(29)30/h2-6,10,20H,7-9H2,1H3,(H,23,24)(H,29,30). The van der Waals surface area contributed by atoms with Gasteiger partial charge in [-0.25, -0.2) is 14.8 Å². The molecule has 1 aromatic carbocycles. The monoisotopic (exact) mass is 428 g/mol. The number of carbonyl (C=O) groups is 1. The topological polar surface area (TPSA) is 109 Å². The normalized spacial score (nSPS) is 15.1. The van der Waals surface area contributed by atoms with Gasteiger partial charge in [-0.3, -0.25) is 4.68 Å². The number of hydrogen-bond acceptors (Lipinski definition) is 6. The molecule has 0 amide bonds. The molecular formula is C20H18F2N6O3. The van der Waals surface area contributed by atoms with Crippen LogP contribution in [0.5, 0.6) is 5.75 Å². The van der Waals surface area contributed by atoms with Gasteiger partial charge in [-0.15, -0.1) is 0 Å². The number of aromatic nitrogens is 5. The second-order valence-electron chi connectivity index (χ2n) is 7.64. The van der Waals surface area contributed by atoms with E-state index in [9.17, 15) is 18.7 Å². The lowest BCUT2D eigenvalue weighted by Crippen LogP contribution is -2.45. The van der Waals surface area contributed by atoms with Crippen molar-refractivity contribution in [3.8, 4) is 17.1 Å². The number of hydrogen-bond donors (Lipinski definition) is 2. The Morgan fingerprint density at radius 1 is 1.39 bits per heavy atom. The second-order valence-corrected chi connectivity index (χ2v) is 7.64. The molecule has 1 aliphatic rings. The van der Waals surface area contributed by atoms with Gasteiger partial charge in [-0.2, -0.15) is 13.9 Å². The zero-order valence-corrected chi connectivity index (χ0v) is 16.4. The van der Waals surface area contributed by atoms with Gasteiger partial charge >= 0.3 is 12.6 Å². The molecule has 0 aliphatic carbocycles. The van der Waals surface area contributed by atoms with E-state index in [2.05, 4.69) is 29.7 Å². The van der Waals surface area contributed by atoms with Crippen LogP contribution in [0.15, 0.2) is 30.6 Å². The van der Waals surface area contributed by atoms with Crippen LogP contribution in [0.4, 0.5) is 8.78 Å². The Bertz CT molecular complexity index is 1300. The van der Waals surface area contributed by atoms with E-state index >= 15 is 0 Å². The zero-order valence-electron chi connectivity index (χ0n) is 16.4. The average Bonchev–Trinajstić information content (AvgIpc) is 3.27. The van der Waals surface area contributed by atoms with Gasteiger partial charge in [0.15, 0.2) is 5.65 Å². The van der Waals surface area contributed by atoms with Crippen molar-refractivity contribution in [2.45, 2.75) is 13.2 Å². The Hall–Kier alpha value is -3.60. The van der Waals surface area contributed by atoms with E-state index in [-0.39, 0.29) is 16.8 Å². The molecule has 1 fully saturated rings. The largest absolute Gasteiger partial charge is 0.478 e. The van der Waals surface area contributed by atoms with Crippen LogP contribution in [0.2, 0.25) is 0 Å². The molecule has 0 unspecified atom stereocenters. The van der Waals surface area contributed by atoms with Gasteiger partial charge < -0.3 is 19.7 Å². The summed E-state index contributed by atoms with van der Waals surface area (Å²) in [6, 6.07) is 4.66. The number of ether oxygens (including phenoxy) is 1. The van der Waals surface area contributed by atoms with Gasteiger partial charge in [0.2, 0.25) is 0 Å². The molecular weight excluding hydrogens is 410 g/mol. The average molecular weight is 428 g/mol. The fraction of sp³-hybridized carbons (Fsp3) is 0.300. The summed E-state index contributed by atoms with van der Waals surface area (Å²) in [6.45, 7) is -0.396. The number of carboxylic acids is 1. The number of halogens is 2. The molecule has 4 aromatic rings. The molecule has 11 heteroatoms. The molecule has 0 bridgehead atoms. The van der Waals surface area contributed by atoms with Crippen LogP contribution in [0.1, 0.15) is 10.4 Å². The van der Waals surface area contributed by atoms with Gasteiger partial charge in [0.1, 0.15) is 28.2 Å². The van der Waals surface area contributed by atoms with Gasteiger partial charge in [0, 0.05) is 37.1 Å². The Morgan fingerprint density at radius 2 is 2.19 bits per heavy atom. The van der Waals surface area contributed by atoms with Crippen LogP contribution in [-0.2, 0) is 6.54 Å². The molecule has 9 nitrogen and oxygen atoms in total. The summed E-state index contributed by atoms with van der Waals surface area (Å²) in [7, 11) is 2.04. The molecule has 31 heavy (non-hydrogen) atoms. The number of aromatic carboxylic acids is 1. The lowest BCUT2D eigenvalue weighted by atomic mass is 10.0. The first-order valence-corrected chi connectivity index (χ1v) is 9.60. The van der Waals surface area contributed by atoms with Crippen molar-refractivity contribution in [2.75, 3.05) is 20.1 Å². The molecule has 0 atom stereocenters. The van der Waals surface area contributed by atoms with E-state index in [0.717, 1.165) is 18.6 Å². The Labute approximate surface area is 174 Å². The SMILES string of the molecule is CN1CC(Cn2nc(-c3cnc4[nH]cc(C(=O)O)c4n3)c3cc(OC(F)F)ccc32)C1. The lowest BCUT2D eigenvalue weighted by molar-refractivity contribution is -0.0497. The molecule has 3 aromatic heterocycles. The molecule has 0 saturated carbocycles. The number of fused-ring (bicyclic) bond motifs is 2. The number of benzene rings is 1. The summed E-state index contributed by atoms with van der Waals surface area (Å²) in [4.78, 5) is 25.2. The molecule has 1 saturated heterocycles. The van der Waals surface area contributed by atoms with E-state index in [0.29, 0.717) is 34.9 Å². The number of nitrogens with one attached hydrogen (secondary N) is 1. The van der Waals surface area contributed by atoms with Crippen LogP contribution in [0.3, 0.4) is 0 Å². The minimum atomic E-state index is -2.95. The first kappa shape index (κ1) is 19.4. The Balaban J connectivity index is 1.64. The molecule has 2 N–H and O–H groups in total. The van der Waals surface area contributed by atoms with E-state index in [4.69, 9.17) is 0 Å². The maximum atomic E-state index is 12.7. The highest BCUT2D eigenvalue weighted by Gasteiger charge is 2.26. The third-order valence-corrected chi connectivity index (χ3v) is 5.37. The van der Waals surface area contributed by atoms with E-state index in [1.54, 1.807) is 6.07 Å². The smallest absolute Gasteiger partial charge is 0.387 e.